The van der Waals surface area contributed by atoms with Crippen LogP contribution in [0, 0.1) is 40.4 Å². The molecule has 140 valence electrons. The second-order valence-electron chi connectivity index (χ2n) is 9.92. The van der Waals surface area contributed by atoms with E-state index in [-0.39, 0.29) is 0 Å². The fraction of sp³-hybridized carbons (Fsp3) is 0.952. The Labute approximate surface area is 148 Å². The monoisotopic (exact) mass is 337 g/mol. The van der Waals surface area contributed by atoms with Crippen molar-refractivity contribution in [2.45, 2.75) is 86.0 Å². The molecule has 3 aliphatic rings. The first kappa shape index (κ1) is 19.6. The maximum absolute atomic E-state index is 8.78. The van der Waals surface area contributed by atoms with E-state index in [1.54, 1.807) is 0 Å². The Bertz CT molecular complexity index is 443. The first-order valence-electron chi connectivity index (χ1n) is 10.1. The number of hydrogen-bond donors (Lipinski definition) is 2. The topological polar surface area (TPSA) is 63.3 Å². The molecule has 0 spiro atoms. The van der Waals surface area contributed by atoms with Crippen LogP contribution in [-0.4, -0.2) is 11.2 Å². The van der Waals surface area contributed by atoms with Gasteiger partial charge in [0.15, 0.2) is 0 Å². The molecular formula is C21H39NO2. The van der Waals surface area contributed by atoms with E-state index in [1.807, 2.05) is 0 Å². The van der Waals surface area contributed by atoms with Gasteiger partial charge in [-0.15, -0.1) is 0 Å². The van der Waals surface area contributed by atoms with Crippen molar-refractivity contribution >= 4 is 6.09 Å². The molecule has 3 nitrogen and oxygen atoms in total. The summed E-state index contributed by atoms with van der Waals surface area (Å²) in [6.07, 6.45) is 10.7. The van der Waals surface area contributed by atoms with Crippen LogP contribution in [0.3, 0.4) is 0 Å². The van der Waals surface area contributed by atoms with Gasteiger partial charge in [-0.1, -0.05) is 53.9 Å². The molecule has 0 aromatic heterocycles. The van der Waals surface area contributed by atoms with Crippen LogP contribution in [0.15, 0.2) is 0 Å². The molecule has 3 aliphatic carbocycles. The average Bonchev–Trinajstić information content (AvgIpc) is 2.43. The Morgan fingerprint density at radius 2 is 1.54 bits per heavy atom. The molecule has 3 fully saturated rings. The largest absolute Gasteiger partial charge is 0.465 e. The molecule has 24 heavy (non-hydrogen) atoms. The number of primary amides is 1. The van der Waals surface area contributed by atoms with Gasteiger partial charge in [0.05, 0.1) is 0 Å². The zero-order valence-corrected chi connectivity index (χ0v) is 16.5. The molecule has 2 bridgehead atoms. The molecule has 0 saturated heterocycles. The van der Waals surface area contributed by atoms with Gasteiger partial charge < -0.3 is 10.8 Å². The lowest BCUT2D eigenvalue weighted by molar-refractivity contribution is -0.0692. The summed E-state index contributed by atoms with van der Waals surface area (Å²) in [4.78, 5) is 8.78. The van der Waals surface area contributed by atoms with Crippen molar-refractivity contribution in [3.05, 3.63) is 0 Å². The van der Waals surface area contributed by atoms with Crippen LogP contribution < -0.4 is 5.73 Å². The molecule has 6 atom stereocenters. The quantitative estimate of drug-likeness (QED) is 0.576. The lowest BCUT2D eigenvalue weighted by Gasteiger charge is -2.57. The van der Waals surface area contributed by atoms with Gasteiger partial charge in [0.25, 0.3) is 0 Å². The molecule has 0 aliphatic heterocycles. The lowest BCUT2D eigenvalue weighted by atomic mass is 9.48. The lowest BCUT2D eigenvalue weighted by Crippen LogP contribution is -2.48. The summed E-state index contributed by atoms with van der Waals surface area (Å²) in [5, 5.41) is 7.19. The van der Waals surface area contributed by atoms with E-state index < -0.39 is 6.09 Å². The molecule has 3 heteroatoms. The average molecular weight is 338 g/mol. The minimum atomic E-state index is -1.33. The number of hydrogen-bond acceptors (Lipinski definition) is 1. The molecular weight excluding hydrogens is 298 g/mol. The third-order valence-electron chi connectivity index (χ3n) is 8.22. The summed E-state index contributed by atoms with van der Waals surface area (Å²) < 4.78 is 0. The fourth-order valence-corrected chi connectivity index (χ4v) is 6.67. The minimum absolute atomic E-state index is 0.593. The molecule has 3 N–H and O–H groups in total. The maximum Gasteiger partial charge on any atom is 0.402 e. The van der Waals surface area contributed by atoms with E-state index in [9.17, 15) is 0 Å². The van der Waals surface area contributed by atoms with Crippen molar-refractivity contribution in [3.63, 3.8) is 0 Å². The van der Waals surface area contributed by atoms with Gasteiger partial charge in [-0.3, -0.25) is 0 Å². The van der Waals surface area contributed by atoms with Gasteiger partial charge in [-0.25, -0.2) is 4.79 Å². The Balaban J connectivity index is 0.000000471. The second-order valence-corrected chi connectivity index (χ2v) is 9.92. The van der Waals surface area contributed by atoms with Crippen molar-refractivity contribution in [2.75, 3.05) is 0 Å². The van der Waals surface area contributed by atoms with Crippen LogP contribution in [0.2, 0.25) is 0 Å². The molecule has 3 saturated carbocycles. The van der Waals surface area contributed by atoms with Crippen LogP contribution in [-0.2, 0) is 0 Å². The van der Waals surface area contributed by atoms with Crippen LogP contribution in [0.1, 0.15) is 86.0 Å². The summed E-state index contributed by atoms with van der Waals surface area (Å²) in [6, 6.07) is 0. The van der Waals surface area contributed by atoms with Crippen LogP contribution in [0.4, 0.5) is 4.79 Å². The van der Waals surface area contributed by atoms with Crippen molar-refractivity contribution in [1.29, 1.82) is 0 Å². The highest BCUT2D eigenvalue weighted by molar-refractivity contribution is 5.61. The van der Waals surface area contributed by atoms with Crippen molar-refractivity contribution in [2.24, 2.45) is 46.2 Å². The fourth-order valence-electron chi connectivity index (χ4n) is 6.67. The number of carboxylic acid groups (broad SMARTS) is 1. The summed E-state index contributed by atoms with van der Waals surface area (Å²) in [5.74, 6) is 4.92. The van der Waals surface area contributed by atoms with Crippen molar-refractivity contribution in [3.8, 4) is 0 Å². The van der Waals surface area contributed by atoms with Gasteiger partial charge >= 0.3 is 6.09 Å². The molecule has 0 aromatic carbocycles. The van der Waals surface area contributed by atoms with E-state index in [4.69, 9.17) is 9.90 Å². The standard InChI is InChI=1S/C20H36.CH3NO2/c1-14-7-6-11-20(5)12-10-17-15(2)8-9-16(13-18(14)20)19(17,3)4;2-1(3)4/h14-18H,6-13H2,1-5H3;2H2,(H,3,4)/t14-,15-,16+,17+,18-,20+;/m1./s1. The summed E-state index contributed by atoms with van der Waals surface area (Å²) >= 11 is 0. The SMILES string of the molecule is C[C@@H]1CCC[C@@]2(C)CC[C@H]3[C@H](C)CC[C@@H](C[C@H]12)C3(C)C.NC(=O)O. The Hall–Kier alpha value is -0.730. The van der Waals surface area contributed by atoms with Gasteiger partial charge in [0.2, 0.25) is 0 Å². The molecule has 1 amide bonds. The first-order chi connectivity index (χ1) is 11.1. The Morgan fingerprint density at radius 1 is 0.958 bits per heavy atom. The van der Waals surface area contributed by atoms with E-state index in [1.165, 1.54) is 51.4 Å². The van der Waals surface area contributed by atoms with Crippen molar-refractivity contribution in [1.82, 2.24) is 0 Å². The zero-order valence-electron chi connectivity index (χ0n) is 16.5. The summed E-state index contributed by atoms with van der Waals surface area (Å²) in [5.41, 5.74) is 5.29. The molecule has 0 heterocycles. The first-order valence-corrected chi connectivity index (χ1v) is 10.1. The highest BCUT2D eigenvalue weighted by atomic mass is 16.4. The molecule has 3 rings (SSSR count). The second kappa shape index (κ2) is 7.25. The summed E-state index contributed by atoms with van der Waals surface area (Å²) in [7, 11) is 0. The van der Waals surface area contributed by atoms with Gasteiger partial charge in [-0.05, 0) is 72.5 Å². The normalized spacial score (nSPS) is 44.1. The molecule has 0 aromatic rings. The third-order valence-corrected chi connectivity index (χ3v) is 8.22. The Morgan fingerprint density at radius 3 is 2.17 bits per heavy atom. The van der Waals surface area contributed by atoms with Gasteiger partial charge in [0.1, 0.15) is 0 Å². The third kappa shape index (κ3) is 3.91. The molecule has 0 radical (unpaired) electrons. The highest BCUT2D eigenvalue weighted by Gasteiger charge is 2.50. The van der Waals surface area contributed by atoms with Crippen LogP contribution in [0.5, 0.6) is 0 Å². The van der Waals surface area contributed by atoms with E-state index in [0.717, 1.165) is 29.6 Å². The maximum atomic E-state index is 8.78. The van der Waals surface area contributed by atoms with Crippen LogP contribution >= 0.6 is 0 Å². The molecule has 0 unspecified atom stereocenters. The highest BCUT2D eigenvalue weighted by Crippen LogP contribution is 2.60. The van der Waals surface area contributed by atoms with Gasteiger partial charge in [0, 0.05) is 0 Å². The van der Waals surface area contributed by atoms with Crippen molar-refractivity contribution < 1.29 is 9.90 Å². The van der Waals surface area contributed by atoms with E-state index in [2.05, 4.69) is 40.4 Å². The van der Waals surface area contributed by atoms with E-state index in [0.29, 0.717) is 10.8 Å². The number of nitrogens with two attached hydrogens (primary N) is 1. The number of rotatable bonds is 0. The predicted molar refractivity (Wildman–Crippen MR) is 99.8 cm³/mol. The van der Waals surface area contributed by atoms with E-state index >= 15 is 0 Å². The van der Waals surface area contributed by atoms with Crippen LogP contribution in [0.25, 0.3) is 0 Å². The summed E-state index contributed by atoms with van der Waals surface area (Å²) in [6.45, 7) is 12.9. The van der Waals surface area contributed by atoms with Gasteiger partial charge in [-0.2, -0.15) is 0 Å². The smallest absolute Gasteiger partial charge is 0.402 e. The minimum Gasteiger partial charge on any atom is -0.465 e. The number of amides is 1. The number of fused-ring (bicyclic) bond motifs is 3. The predicted octanol–water partition coefficient (Wildman–Crippen LogP) is 5.92. The zero-order chi connectivity index (χ0) is 18.1. The number of carbonyl (C=O) groups is 1. The Kier molecular flexibility index (Phi) is 5.92.